The number of hydrogen-bond donors (Lipinski definition) is 1. The third kappa shape index (κ3) is 3.56. The number of carbonyl (C=O) groups excluding carboxylic acids is 2. The third-order valence-corrected chi connectivity index (χ3v) is 2.98. The fraction of sp³-hybridized carbons (Fsp3) is 0.385. The summed E-state index contributed by atoms with van der Waals surface area (Å²) in [7, 11) is 0. The molecule has 5 heteroatoms. The van der Waals surface area contributed by atoms with Gasteiger partial charge in [0, 0.05) is 31.9 Å². The summed E-state index contributed by atoms with van der Waals surface area (Å²) in [6.45, 7) is 3.27. The minimum atomic E-state index is -0.0132. The minimum Gasteiger partial charge on any atom is -0.343 e. The Bertz CT molecular complexity index is 400. The van der Waals surface area contributed by atoms with Gasteiger partial charge in [0.1, 0.15) is 0 Å². The molecule has 2 rings (SSSR count). The van der Waals surface area contributed by atoms with Gasteiger partial charge in [0.25, 0.3) is 0 Å². The van der Waals surface area contributed by atoms with E-state index in [9.17, 15) is 9.59 Å². The highest BCUT2D eigenvalue weighted by atomic mass is 16.2. The molecule has 0 atom stereocenters. The molecule has 0 aliphatic carbocycles. The molecule has 0 aromatic heterocycles. The molecule has 96 valence electrons. The first kappa shape index (κ1) is 12.6. The Morgan fingerprint density at radius 1 is 1.17 bits per heavy atom. The molecule has 1 fully saturated rings. The highest BCUT2D eigenvalue weighted by Crippen LogP contribution is 2.05. The first-order valence-corrected chi connectivity index (χ1v) is 6.04. The second-order valence-electron chi connectivity index (χ2n) is 4.33. The summed E-state index contributed by atoms with van der Waals surface area (Å²) in [4.78, 5) is 26.1. The molecule has 1 aromatic rings. The predicted molar refractivity (Wildman–Crippen MR) is 69.1 cm³/mol. The van der Waals surface area contributed by atoms with E-state index < -0.39 is 0 Å². The molecule has 0 radical (unpaired) electrons. The smallest absolute Gasteiger partial charge is 0.238 e. The lowest BCUT2D eigenvalue weighted by molar-refractivity contribution is -0.120. The molecule has 5 nitrogen and oxygen atoms in total. The van der Waals surface area contributed by atoms with Crippen LogP contribution in [0.25, 0.3) is 0 Å². The van der Waals surface area contributed by atoms with Gasteiger partial charge in [0.15, 0.2) is 0 Å². The maximum atomic E-state index is 11.8. The van der Waals surface area contributed by atoms with Gasteiger partial charge >= 0.3 is 0 Å². The summed E-state index contributed by atoms with van der Waals surface area (Å²) in [5, 5.41) is 2.85. The molecule has 0 unspecified atom stereocenters. The van der Waals surface area contributed by atoms with Crippen LogP contribution in [-0.4, -0.2) is 54.8 Å². The van der Waals surface area contributed by atoms with Crippen molar-refractivity contribution in [3.05, 3.63) is 30.3 Å². The van der Waals surface area contributed by atoms with Crippen LogP contribution >= 0.6 is 0 Å². The van der Waals surface area contributed by atoms with Crippen molar-refractivity contribution in [1.29, 1.82) is 0 Å². The van der Waals surface area contributed by atoms with Crippen LogP contribution < -0.4 is 5.32 Å². The number of rotatable bonds is 4. The molecular formula is C13H17N3O2. The Kier molecular flexibility index (Phi) is 4.30. The standard InChI is InChI=1S/C13H17N3O2/c17-11-16-8-6-15(7-9-16)10-13(18)14-12-4-2-1-3-5-12/h1-5,11H,6-10H2,(H,14,18). The number of para-hydroxylation sites is 1. The van der Waals surface area contributed by atoms with Gasteiger partial charge in [-0.15, -0.1) is 0 Å². The maximum Gasteiger partial charge on any atom is 0.238 e. The molecule has 0 spiro atoms. The van der Waals surface area contributed by atoms with Crippen molar-refractivity contribution in [2.75, 3.05) is 38.0 Å². The predicted octanol–water partition coefficient (Wildman–Crippen LogP) is 0.399. The van der Waals surface area contributed by atoms with Crippen molar-refractivity contribution < 1.29 is 9.59 Å². The molecule has 18 heavy (non-hydrogen) atoms. The minimum absolute atomic E-state index is 0.0132. The quantitative estimate of drug-likeness (QED) is 0.784. The van der Waals surface area contributed by atoms with Crippen LogP contribution in [0.1, 0.15) is 0 Å². The number of nitrogens with one attached hydrogen (secondary N) is 1. The van der Waals surface area contributed by atoms with Gasteiger partial charge in [0.05, 0.1) is 6.54 Å². The molecule has 1 aromatic carbocycles. The van der Waals surface area contributed by atoms with Gasteiger partial charge < -0.3 is 10.2 Å². The Labute approximate surface area is 106 Å². The lowest BCUT2D eigenvalue weighted by atomic mass is 10.3. The summed E-state index contributed by atoms with van der Waals surface area (Å²) < 4.78 is 0. The van der Waals surface area contributed by atoms with E-state index in [-0.39, 0.29) is 5.91 Å². The lowest BCUT2D eigenvalue weighted by Crippen LogP contribution is -2.48. The first-order chi connectivity index (χ1) is 8.78. The van der Waals surface area contributed by atoms with Gasteiger partial charge in [-0.25, -0.2) is 0 Å². The van der Waals surface area contributed by atoms with Crippen LogP contribution in [0.3, 0.4) is 0 Å². The van der Waals surface area contributed by atoms with Crippen LogP contribution in [0.4, 0.5) is 5.69 Å². The van der Waals surface area contributed by atoms with Crippen LogP contribution in [0.15, 0.2) is 30.3 Å². The summed E-state index contributed by atoms with van der Waals surface area (Å²) in [6.07, 6.45) is 0.862. The van der Waals surface area contributed by atoms with Crippen LogP contribution in [0.5, 0.6) is 0 Å². The van der Waals surface area contributed by atoms with Gasteiger partial charge in [-0.2, -0.15) is 0 Å². The number of amides is 2. The van der Waals surface area contributed by atoms with E-state index in [1.54, 1.807) is 4.90 Å². The summed E-state index contributed by atoms with van der Waals surface area (Å²) in [5.74, 6) is -0.0132. The Morgan fingerprint density at radius 2 is 1.83 bits per heavy atom. The Hall–Kier alpha value is -1.88. The van der Waals surface area contributed by atoms with Crippen LogP contribution in [0.2, 0.25) is 0 Å². The number of benzene rings is 1. The van der Waals surface area contributed by atoms with Crippen molar-refractivity contribution in [1.82, 2.24) is 9.80 Å². The molecule has 0 saturated carbocycles. The highest BCUT2D eigenvalue weighted by Gasteiger charge is 2.17. The van der Waals surface area contributed by atoms with Gasteiger partial charge in [0.2, 0.25) is 12.3 Å². The van der Waals surface area contributed by atoms with Crippen LogP contribution in [-0.2, 0) is 9.59 Å². The van der Waals surface area contributed by atoms with Crippen molar-refractivity contribution in [3.8, 4) is 0 Å². The van der Waals surface area contributed by atoms with E-state index in [1.165, 1.54) is 0 Å². The van der Waals surface area contributed by atoms with E-state index in [0.717, 1.165) is 25.2 Å². The first-order valence-electron chi connectivity index (χ1n) is 6.04. The van der Waals surface area contributed by atoms with E-state index in [0.29, 0.717) is 19.6 Å². The largest absolute Gasteiger partial charge is 0.343 e. The highest BCUT2D eigenvalue weighted by molar-refractivity contribution is 5.92. The topological polar surface area (TPSA) is 52.7 Å². The molecule has 1 saturated heterocycles. The molecule has 1 aliphatic heterocycles. The molecular weight excluding hydrogens is 230 g/mol. The second kappa shape index (κ2) is 6.16. The zero-order valence-corrected chi connectivity index (χ0v) is 10.2. The van der Waals surface area contributed by atoms with Crippen molar-refractivity contribution in [3.63, 3.8) is 0 Å². The molecule has 1 heterocycles. The fourth-order valence-electron chi connectivity index (χ4n) is 1.95. The maximum absolute atomic E-state index is 11.8. The summed E-state index contributed by atoms with van der Waals surface area (Å²) in [5.41, 5.74) is 0.814. The molecule has 0 bridgehead atoms. The molecule has 1 N–H and O–H groups in total. The summed E-state index contributed by atoms with van der Waals surface area (Å²) >= 11 is 0. The third-order valence-electron chi connectivity index (χ3n) is 2.98. The van der Waals surface area contributed by atoms with E-state index in [2.05, 4.69) is 10.2 Å². The Balaban J connectivity index is 1.77. The Morgan fingerprint density at radius 3 is 2.44 bits per heavy atom. The van der Waals surface area contributed by atoms with Crippen LogP contribution in [0, 0.1) is 0 Å². The number of nitrogens with zero attached hydrogens (tertiary/aromatic N) is 2. The normalized spacial score (nSPS) is 16.3. The van der Waals surface area contributed by atoms with Gasteiger partial charge in [-0.05, 0) is 12.1 Å². The second-order valence-corrected chi connectivity index (χ2v) is 4.33. The number of carbonyl (C=O) groups is 2. The van der Waals surface area contributed by atoms with Gasteiger partial charge in [-0.3, -0.25) is 14.5 Å². The molecule has 1 aliphatic rings. The average Bonchev–Trinajstić information content (AvgIpc) is 2.40. The number of piperazine rings is 1. The average molecular weight is 247 g/mol. The lowest BCUT2D eigenvalue weighted by Gasteiger charge is -2.31. The number of hydrogen-bond acceptors (Lipinski definition) is 3. The fourth-order valence-corrected chi connectivity index (χ4v) is 1.95. The zero-order valence-electron chi connectivity index (χ0n) is 10.2. The summed E-state index contributed by atoms with van der Waals surface area (Å²) in [6, 6.07) is 9.41. The number of anilines is 1. The van der Waals surface area contributed by atoms with Crippen molar-refractivity contribution in [2.24, 2.45) is 0 Å². The molecule has 2 amide bonds. The SMILES string of the molecule is O=CN1CCN(CC(=O)Nc2ccccc2)CC1. The van der Waals surface area contributed by atoms with Crippen molar-refractivity contribution >= 4 is 18.0 Å². The van der Waals surface area contributed by atoms with E-state index in [1.807, 2.05) is 30.3 Å². The van der Waals surface area contributed by atoms with Gasteiger partial charge in [-0.1, -0.05) is 18.2 Å². The monoisotopic (exact) mass is 247 g/mol. The van der Waals surface area contributed by atoms with E-state index in [4.69, 9.17) is 0 Å². The van der Waals surface area contributed by atoms with Crippen molar-refractivity contribution in [2.45, 2.75) is 0 Å². The zero-order chi connectivity index (χ0) is 12.8. The van der Waals surface area contributed by atoms with E-state index >= 15 is 0 Å².